The molecule has 1 aliphatic carbocycles. The Morgan fingerprint density at radius 3 is 3.06 bits per heavy atom. The van der Waals surface area contributed by atoms with Gasteiger partial charge in [0.2, 0.25) is 0 Å². The molecule has 2 unspecified atom stereocenters. The van der Waals surface area contributed by atoms with Crippen LogP contribution in [0.25, 0.3) is 0 Å². The molecular formula is C13H20N2O. The molecule has 1 aromatic heterocycles. The van der Waals surface area contributed by atoms with Crippen LogP contribution in [0.3, 0.4) is 0 Å². The summed E-state index contributed by atoms with van der Waals surface area (Å²) >= 11 is 0. The van der Waals surface area contributed by atoms with Gasteiger partial charge in [0.05, 0.1) is 12.5 Å². The number of hydrogen-bond donors (Lipinski definition) is 1. The summed E-state index contributed by atoms with van der Waals surface area (Å²) in [5.74, 6) is 0.944. The van der Waals surface area contributed by atoms with Crippen LogP contribution in [0.1, 0.15) is 25.3 Å². The second-order valence-corrected chi connectivity index (χ2v) is 5.26. The molecule has 1 N–H and O–H groups in total. The lowest BCUT2D eigenvalue weighted by Gasteiger charge is -2.38. The van der Waals surface area contributed by atoms with Crippen LogP contribution in [-0.4, -0.2) is 30.1 Å². The van der Waals surface area contributed by atoms with Crippen molar-refractivity contribution in [1.82, 2.24) is 10.2 Å². The normalized spacial score (nSPS) is 31.8. The first-order chi connectivity index (χ1) is 7.83. The van der Waals surface area contributed by atoms with Crippen molar-refractivity contribution in [3.8, 4) is 0 Å². The van der Waals surface area contributed by atoms with Gasteiger partial charge in [0, 0.05) is 37.3 Å². The first kappa shape index (κ1) is 10.4. The molecule has 1 aliphatic heterocycles. The third-order valence-corrected chi connectivity index (χ3v) is 3.89. The van der Waals surface area contributed by atoms with E-state index in [1.165, 1.54) is 24.9 Å². The fourth-order valence-corrected chi connectivity index (χ4v) is 2.60. The quantitative estimate of drug-likeness (QED) is 0.842. The van der Waals surface area contributed by atoms with Crippen LogP contribution in [0.5, 0.6) is 0 Å². The molecule has 0 amide bonds. The molecule has 3 nitrogen and oxygen atoms in total. The van der Waals surface area contributed by atoms with E-state index in [0.29, 0.717) is 6.04 Å². The Morgan fingerprint density at radius 2 is 2.38 bits per heavy atom. The fourth-order valence-electron chi connectivity index (χ4n) is 2.60. The molecule has 1 aromatic rings. The summed E-state index contributed by atoms with van der Waals surface area (Å²) in [6.07, 6.45) is 6.47. The molecule has 0 spiro atoms. The standard InChI is InChI=1S/C13H20N2O/c1-10-6-14-13(12-2-3-12)8-15(10)7-11-4-5-16-9-11/h4-5,9-10,12-14H,2-3,6-8H2,1H3. The smallest absolute Gasteiger partial charge is 0.0947 e. The molecule has 16 heavy (non-hydrogen) atoms. The molecular weight excluding hydrogens is 200 g/mol. The molecule has 2 heterocycles. The summed E-state index contributed by atoms with van der Waals surface area (Å²) in [6, 6.07) is 3.42. The third-order valence-electron chi connectivity index (χ3n) is 3.89. The van der Waals surface area contributed by atoms with Gasteiger partial charge in [-0.05, 0) is 31.7 Å². The molecule has 88 valence electrons. The summed E-state index contributed by atoms with van der Waals surface area (Å²) in [7, 11) is 0. The third kappa shape index (κ3) is 2.15. The van der Waals surface area contributed by atoms with Crippen molar-refractivity contribution in [2.24, 2.45) is 5.92 Å². The van der Waals surface area contributed by atoms with E-state index in [0.717, 1.165) is 25.0 Å². The topological polar surface area (TPSA) is 28.4 Å². The van der Waals surface area contributed by atoms with Gasteiger partial charge in [0.1, 0.15) is 0 Å². The van der Waals surface area contributed by atoms with Crippen molar-refractivity contribution in [2.75, 3.05) is 13.1 Å². The minimum atomic E-state index is 0.630. The van der Waals surface area contributed by atoms with Gasteiger partial charge in [-0.15, -0.1) is 0 Å². The number of furan rings is 1. The maximum atomic E-state index is 5.14. The molecule has 0 aromatic carbocycles. The van der Waals surface area contributed by atoms with Crippen molar-refractivity contribution < 1.29 is 4.42 Å². The van der Waals surface area contributed by atoms with Gasteiger partial charge in [0.15, 0.2) is 0 Å². The highest BCUT2D eigenvalue weighted by molar-refractivity contribution is 5.06. The Kier molecular flexibility index (Phi) is 2.74. The van der Waals surface area contributed by atoms with Gasteiger partial charge in [-0.2, -0.15) is 0 Å². The summed E-state index contributed by atoms with van der Waals surface area (Å²) in [6.45, 7) is 5.65. The van der Waals surface area contributed by atoms with E-state index in [4.69, 9.17) is 4.42 Å². The van der Waals surface area contributed by atoms with Crippen molar-refractivity contribution >= 4 is 0 Å². The maximum Gasteiger partial charge on any atom is 0.0947 e. The molecule has 1 saturated carbocycles. The minimum Gasteiger partial charge on any atom is -0.472 e. The van der Waals surface area contributed by atoms with E-state index >= 15 is 0 Å². The lowest BCUT2D eigenvalue weighted by Crippen LogP contribution is -2.55. The summed E-state index contributed by atoms with van der Waals surface area (Å²) in [4.78, 5) is 2.57. The highest BCUT2D eigenvalue weighted by atomic mass is 16.3. The van der Waals surface area contributed by atoms with Crippen LogP contribution in [-0.2, 0) is 6.54 Å². The number of piperazine rings is 1. The van der Waals surface area contributed by atoms with Crippen LogP contribution < -0.4 is 5.32 Å². The van der Waals surface area contributed by atoms with Gasteiger partial charge >= 0.3 is 0 Å². The van der Waals surface area contributed by atoms with Crippen LogP contribution in [0.2, 0.25) is 0 Å². The molecule has 1 saturated heterocycles. The number of hydrogen-bond acceptors (Lipinski definition) is 3. The fraction of sp³-hybridized carbons (Fsp3) is 0.692. The summed E-state index contributed by atoms with van der Waals surface area (Å²) < 4.78 is 5.14. The van der Waals surface area contributed by atoms with E-state index in [2.05, 4.69) is 23.2 Å². The van der Waals surface area contributed by atoms with Gasteiger partial charge in [0.25, 0.3) is 0 Å². The van der Waals surface area contributed by atoms with E-state index in [-0.39, 0.29) is 0 Å². The van der Waals surface area contributed by atoms with E-state index in [1.807, 2.05) is 6.26 Å². The first-order valence-electron chi connectivity index (χ1n) is 6.31. The number of nitrogens with zero attached hydrogens (tertiary/aromatic N) is 1. The number of nitrogens with one attached hydrogen (secondary N) is 1. The molecule has 3 rings (SSSR count). The van der Waals surface area contributed by atoms with E-state index in [9.17, 15) is 0 Å². The van der Waals surface area contributed by atoms with Crippen LogP contribution in [0.15, 0.2) is 23.0 Å². The Balaban J connectivity index is 1.62. The number of rotatable bonds is 3. The van der Waals surface area contributed by atoms with Crippen LogP contribution in [0.4, 0.5) is 0 Å². The molecule has 2 fully saturated rings. The molecule has 3 heteroatoms. The van der Waals surface area contributed by atoms with Crippen molar-refractivity contribution in [3.63, 3.8) is 0 Å². The molecule has 2 atom stereocenters. The Morgan fingerprint density at radius 1 is 1.50 bits per heavy atom. The Labute approximate surface area is 96.8 Å². The molecule has 0 bridgehead atoms. The highest BCUT2D eigenvalue weighted by Crippen LogP contribution is 2.34. The lowest BCUT2D eigenvalue weighted by molar-refractivity contribution is 0.125. The summed E-state index contributed by atoms with van der Waals surface area (Å²) in [5.41, 5.74) is 1.29. The predicted molar refractivity (Wildman–Crippen MR) is 63.1 cm³/mol. The first-order valence-corrected chi connectivity index (χ1v) is 6.31. The maximum absolute atomic E-state index is 5.14. The van der Waals surface area contributed by atoms with Crippen molar-refractivity contribution in [1.29, 1.82) is 0 Å². The van der Waals surface area contributed by atoms with Gasteiger partial charge in [-0.1, -0.05) is 0 Å². The van der Waals surface area contributed by atoms with E-state index < -0.39 is 0 Å². The minimum absolute atomic E-state index is 0.630. The SMILES string of the molecule is CC1CNC(C2CC2)CN1Cc1ccoc1. The van der Waals surface area contributed by atoms with Gasteiger partial charge in [-0.3, -0.25) is 4.90 Å². The Hall–Kier alpha value is -0.800. The Bertz CT molecular complexity index is 332. The summed E-state index contributed by atoms with van der Waals surface area (Å²) in [5, 5.41) is 3.68. The average Bonchev–Trinajstić information content (AvgIpc) is 3.01. The lowest BCUT2D eigenvalue weighted by atomic mass is 10.1. The van der Waals surface area contributed by atoms with Gasteiger partial charge < -0.3 is 9.73 Å². The molecule has 0 radical (unpaired) electrons. The predicted octanol–water partition coefficient (Wildman–Crippen LogP) is 1.85. The average molecular weight is 220 g/mol. The zero-order valence-corrected chi connectivity index (χ0v) is 9.86. The zero-order valence-electron chi connectivity index (χ0n) is 9.86. The van der Waals surface area contributed by atoms with Crippen LogP contribution >= 0.6 is 0 Å². The van der Waals surface area contributed by atoms with Crippen molar-refractivity contribution in [2.45, 2.75) is 38.4 Å². The zero-order chi connectivity index (χ0) is 11.0. The largest absolute Gasteiger partial charge is 0.472 e. The monoisotopic (exact) mass is 220 g/mol. The highest BCUT2D eigenvalue weighted by Gasteiger charge is 2.35. The second kappa shape index (κ2) is 4.22. The van der Waals surface area contributed by atoms with Gasteiger partial charge in [-0.25, -0.2) is 0 Å². The van der Waals surface area contributed by atoms with Crippen LogP contribution in [0, 0.1) is 5.92 Å². The van der Waals surface area contributed by atoms with E-state index in [1.54, 1.807) is 6.26 Å². The second-order valence-electron chi connectivity index (χ2n) is 5.26. The molecule has 2 aliphatic rings. The van der Waals surface area contributed by atoms with Crippen molar-refractivity contribution in [3.05, 3.63) is 24.2 Å².